The quantitative estimate of drug-likeness (QED) is 0.434. The Morgan fingerprint density at radius 2 is 2.28 bits per heavy atom. The van der Waals surface area contributed by atoms with Gasteiger partial charge in [-0.25, -0.2) is 9.62 Å². The van der Waals surface area contributed by atoms with Gasteiger partial charge in [0.25, 0.3) is 0 Å². The van der Waals surface area contributed by atoms with E-state index < -0.39 is 0 Å². The second-order valence-corrected chi connectivity index (χ2v) is 3.86. The van der Waals surface area contributed by atoms with Gasteiger partial charge in [0.1, 0.15) is 0 Å². The number of nitrogens with two attached hydrogens (primary N) is 1. The number of aliphatic imine (C=N–C) groups is 1. The van der Waals surface area contributed by atoms with Crippen LogP contribution in [0, 0.1) is 6.92 Å². The van der Waals surface area contributed by atoms with Crippen LogP contribution in [0.3, 0.4) is 0 Å². The number of amidine groups is 1. The number of anilines is 1. The fraction of sp³-hybridized carbons (Fsp3) is 0.100. The molecule has 2 aromatic rings. The second kappa shape index (κ2) is 5.03. The summed E-state index contributed by atoms with van der Waals surface area (Å²) in [5.41, 5.74) is 8.88. The number of aromatic nitrogens is 2. The molecular weight excluding hydrogens is 258 g/mol. The van der Waals surface area contributed by atoms with Crippen LogP contribution in [-0.4, -0.2) is 21.4 Å². The van der Waals surface area contributed by atoms with E-state index in [1.54, 1.807) is 25.1 Å². The number of nitrogens with zero attached hydrogens (tertiary/aromatic N) is 3. The van der Waals surface area contributed by atoms with Crippen molar-refractivity contribution < 1.29 is 9.84 Å². The SMILES string of the molecule is Cc1c(Cl)cccc1N=C(NO)c1nonc1N. The van der Waals surface area contributed by atoms with Crippen LogP contribution in [-0.2, 0) is 0 Å². The van der Waals surface area contributed by atoms with Crippen LogP contribution < -0.4 is 11.2 Å². The first-order chi connectivity index (χ1) is 8.63. The Bertz CT molecular complexity index is 596. The summed E-state index contributed by atoms with van der Waals surface area (Å²) in [5, 5.41) is 16.6. The molecule has 0 bridgehead atoms. The molecule has 7 nitrogen and oxygen atoms in total. The van der Waals surface area contributed by atoms with Gasteiger partial charge in [0.05, 0.1) is 5.69 Å². The fourth-order valence-electron chi connectivity index (χ4n) is 1.33. The van der Waals surface area contributed by atoms with Crippen LogP contribution in [0.15, 0.2) is 27.8 Å². The zero-order valence-electron chi connectivity index (χ0n) is 9.38. The third kappa shape index (κ3) is 2.27. The van der Waals surface area contributed by atoms with Crippen molar-refractivity contribution in [1.29, 1.82) is 0 Å². The molecule has 0 atom stereocenters. The van der Waals surface area contributed by atoms with Gasteiger partial charge in [-0.05, 0) is 34.9 Å². The Kier molecular flexibility index (Phi) is 3.45. The lowest BCUT2D eigenvalue weighted by Crippen LogP contribution is -2.21. The average Bonchev–Trinajstić information content (AvgIpc) is 2.77. The van der Waals surface area contributed by atoms with Crippen molar-refractivity contribution in [3.63, 3.8) is 0 Å². The van der Waals surface area contributed by atoms with Gasteiger partial charge in [0, 0.05) is 5.02 Å². The number of hydrogen-bond donors (Lipinski definition) is 3. The summed E-state index contributed by atoms with van der Waals surface area (Å²) in [5.74, 6) is 0.0501. The van der Waals surface area contributed by atoms with Gasteiger partial charge in [-0.2, -0.15) is 0 Å². The van der Waals surface area contributed by atoms with Crippen LogP contribution in [0.4, 0.5) is 11.5 Å². The van der Waals surface area contributed by atoms with Gasteiger partial charge in [0.15, 0.2) is 17.3 Å². The third-order valence-corrected chi connectivity index (χ3v) is 2.72. The maximum absolute atomic E-state index is 9.07. The number of benzene rings is 1. The zero-order chi connectivity index (χ0) is 13.1. The first-order valence-corrected chi connectivity index (χ1v) is 5.33. The van der Waals surface area contributed by atoms with E-state index in [2.05, 4.69) is 19.9 Å². The van der Waals surface area contributed by atoms with Gasteiger partial charge in [0.2, 0.25) is 0 Å². The first kappa shape index (κ1) is 12.3. The highest BCUT2D eigenvalue weighted by atomic mass is 35.5. The smallest absolute Gasteiger partial charge is 0.199 e. The minimum atomic E-state index is 0.0231. The van der Waals surface area contributed by atoms with Crippen LogP contribution >= 0.6 is 11.6 Å². The summed E-state index contributed by atoms with van der Waals surface area (Å²) < 4.78 is 4.44. The van der Waals surface area contributed by atoms with Crippen LogP contribution in [0.5, 0.6) is 0 Å². The molecule has 0 saturated carbocycles. The monoisotopic (exact) mass is 267 g/mol. The summed E-state index contributed by atoms with van der Waals surface area (Å²) in [6.07, 6.45) is 0. The van der Waals surface area contributed by atoms with Crippen molar-refractivity contribution in [2.45, 2.75) is 6.92 Å². The van der Waals surface area contributed by atoms with E-state index in [0.717, 1.165) is 5.56 Å². The predicted octanol–water partition coefficient (Wildman–Crippen LogP) is 1.67. The van der Waals surface area contributed by atoms with E-state index in [4.69, 9.17) is 22.5 Å². The molecule has 4 N–H and O–H groups in total. The number of hydroxylamine groups is 1. The molecular formula is C10H10ClN5O2. The molecule has 1 aromatic carbocycles. The van der Waals surface area contributed by atoms with E-state index in [9.17, 15) is 0 Å². The van der Waals surface area contributed by atoms with Crippen LogP contribution in [0.25, 0.3) is 0 Å². The van der Waals surface area contributed by atoms with Crippen molar-refractivity contribution >= 4 is 28.9 Å². The van der Waals surface area contributed by atoms with Crippen molar-refractivity contribution in [3.8, 4) is 0 Å². The number of rotatable bonds is 2. The summed E-state index contributed by atoms with van der Waals surface area (Å²) in [7, 11) is 0. The molecule has 0 spiro atoms. The average molecular weight is 268 g/mol. The third-order valence-electron chi connectivity index (χ3n) is 2.32. The molecule has 18 heavy (non-hydrogen) atoms. The van der Waals surface area contributed by atoms with Gasteiger partial charge in [-0.3, -0.25) is 10.7 Å². The Labute approximate surface area is 107 Å². The molecule has 1 heterocycles. The van der Waals surface area contributed by atoms with Crippen molar-refractivity contribution in [2.75, 3.05) is 5.73 Å². The summed E-state index contributed by atoms with van der Waals surface area (Å²) in [6, 6.07) is 5.23. The fourth-order valence-corrected chi connectivity index (χ4v) is 1.50. The number of halogens is 1. The standard InChI is InChI=1S/C10H10ClN5O2/c1-5-6(11)3-2-4-7(5)13-10(14-17)8-9(12)16-18-15-8/h2-4,17H,1H3,(H2,12,16)(H,13,14). The zero-order valence-corrected chi connectivity index (χ0v) is 10.1. The molecule has 0 fully saturated rings. The van der Waals surface area contributed by atoms with Crippen LogP contribution in [0.2, 0.25) is 5.02 Å². The highest BCUT2D eigenvalue weighted by molar-refractivity contribution is 6.31. The summed E-state index contributed by atoms with van der Waals surface area (Å²) in [6.45, 7) is 1.81. The molecule has 0 radical (unpaired) electrons. The second-order valence-electron chi connectivity index (χ2n) is 3.45. The molecule has 0 aliphatic carbocycles. The molecule has 2 rings (SSSR count). The van der Waals surface area contributed by atoms with E-state index in [-0.39, 0.29) is 17.3 Å². The van der Waals surface area contributed by atoms with Crippen molar-refractivity contribution in [1.82, 2.24) is 15.8 Å². The maximum atomic E-state index is 9.07. The Morgan fingerprint density at radius 3 is 2.89 bits per heavy atom. The number of hydrogen-bond acceptors (Lipinski definition) is 6. The van der Waals surface area contributed by atoms with Crippen molar-refractivity contribution in [3.05, 3.63) is 34.5 Å². The summed E-state index contributed by atoms with van der Waals surface area (Å²) in [4.78, 5) is 4.17. The topological polar surface area (TPSA) is 110 Å². The largest absolute Gasteiger partial charge is 0.379 e. The molecule has 0 aliphatic rings. The first-order valence-electron chi connectivity index (χ1n) is 4.95. The lowest BCUT2D eigenvalue weighted by atomic mass is 10.2. The minimum absolute atomic E-state index is 0.0231. The van der Waals surface area contributed by atoms with E-state index in [0.29, 0.717) is 10.7 Å². The predicted molar refractivity (Wildman–Crippen MR) is 66.0 cm³/mol. The highest BCUT2D eigenvalue weighted by Gasteiger charge is 2.14. The Hall–Kier alpha value is -2.12. The van der Waals surface area contributed by atoms with Gasteiger partial charge >= 0.3 is 0 Å². The Morgan fingerprint density at radius 1 is 1.50 bits per heavy atom. The Balaban J connectivity index is 2.48. The molecule has 0 saturated heterocycles. The van der Waals surface area contributed by atoms with Gasteiger partial charge in [-0.15, -0.1) is 0 Å². The molecule has 1 aromatic heterocycles. The van der Waals surface area contributed by atoms with Gasteiger partial charge in [-0.1, -0.05) is 17.7 Å². The number of nitrogen functional groups attached to an aromatic ring is 1. The van der Waals surface area contributed by atoms with Crippen molar-refractivity contribution in [2.24, 2.45) is 4.99 Å². The molecule has 0 amide bonds. The lowest BCUT2D eigenvalue weighted by molar-refractivity contribution is 0.234. The summed E-state index contributed by atoms with van der Waals surface area (Å²) >= 11 is 5.97. The van der Waals surface area contributed by atoms with Crippen LogP contribution in [0.1, 0.15) is 11.3 Å². The maximum Gasteiger partial charge on any atom is 0.199 e. The normalized spacial score (nSPS) is 11.6. The van der Waals surface area contributed by atoms with E-state index in [1.165, 1.54) is 0 Å². The minimum Gasteiger partial charge on any atom is -0.379 e. The molecule has 0 unspecified atom stereocenters. The number of nitrogens with one attached hydrogen (secondary N) is 1. The highest BCUT2D eigenvalue weighted by Crippen LogP contribution is 2.26. The molecule has 0 aliphatic heterocycles. The van der Waals surface area contributed by atoms with E-state index in [1.807, 2.05) is 5.48 Å². The lowest BCUT2D eigenvalue weighted by Gasteiger charge is -2.05. The van der Waals surface area contributed by atoms with E-state index >= 15 is 0 Å². The van der Waals surface area contributed by atoms with Gasteiger partial charge < -0.3 is 5.73 Å². The molecule has 8 heteroatoms. The molecule has 94 valence electrons.